The Kier molecular flexibility index (Phi) is 4.93. The molecule has 0 saturated carbocycles. The second kappa shape index (κ2) is 7.50. The first kappa shape index (κ1) is 17.1. The monoisotopic (exact) mass is 349 g/mol. The zero-order chi connectivity index (χ0) is 17.9. The van der Waals surface area contributed by atoms with Crippen LogP contribution in [0.2, 0.25) is 0 Å². The SMILES string of the molecule is Cc1ccc(NC(=O)N2CC(N3CCC(c4ccccc4)CC3)C2)cc1. The van der Waals surface area contributed by atoms with Crippen molar-refractivity contribution in [1.29, 1.82) is 0 Å². The summed E-state index contributed by atoms with van der Waals surface area (Å²) in [6.07, 6.45) is 2.44. The Morgan fingerprint density at radius 3 is 2.27 bits per heavy atom. The number of hydrogen-bond donors (Lipinski definition) is 1. The van der Waals surface area contributed by atoms with Gasteiger partial charge in [-0.1, -0.05) is 48.0 Å². The van der Waals surface area contributed by atoms with Crippen LogP contribution in [0.5, 0.6) is 0 Å². The van der Waals surface area contributed by atoms with Crippen LogP contribution >= 0.6 is 0 Å². The van der Waals surface area contributed by atoms with Gasteiger partial charge in [0.1, 0.15) is 0 Å². The van der Waals surface area contributed by atoms with Crippen molar-refractivity contribution in [2.75, 3.05) is 31.5 Å². The fourth-order valence-corrected chi connectivity index (χ4v) is 4.01. The van der Waals surface area contributed by atoms with Crippen LogP contribution in [0.1, 0.15) is 29.9 Å². The Labute approximate surface area is 155 Å². The highest BCUT2D eigenvalue weighted by Gasteiger charge is 2.36. The van der Waals surface area contributed by atoms with Crippen LogP contribution in [0, 0.1) is 6.92 Å². The normalized spacial score (nSPS) is 19.2. The van der Waals surface area contributed by atoms with E-state index in [1.165, 1.54) is 24.0 Å². The van der Waals surface area contributed by atoms with Gasteiger partial charge in [-0.3, -0.25) is 4.90 Å². The van der Waals surface area contributed by atoms with Gasteiger partial charge in [0.2, 0.25) is 0 Å². The molecule has 1 N–H and O–H groups in total. The molecule has 2 amide bonds. The number of nitrogens with zero attached hydrogens (tertiary/aromatic N) is 2. The van der Waals surface area contributed by atoms with Crippen molar-refractivity contribution < 1.29 is 4.79 Å². The van der Waals surface area contributed by atoms with Crippen molar-refractivity contribution in [3.05, 3.63) is 65.7 Å². The number of rotatable bonds is 3. The summed E-state index contributed by atoms with van der Waals surface area (Å²) in [6.45, 7) is 6.00. The molecular weight excluding hydrogens is 322 g/mol. The minimum Gasteiger partial charge on any atom is -0.321 e. The van der Waals surface area contributed by atoms with E-state index in [0.717, 1.165) is 31.9 Å². The van der Waals surface area contributed by atoms with Crippen molar-refractivity contribution in [3.8, 4) is 0 Å². The van der Waals surface area contributed by atoms with Crippen LogP contribution in [0.3, 0.4) is 0 Å². The van der Waals surface area contributed by atoms with E-state index in [-0.39, 0.29) is 6.03 Å². The molecule has 26 heavy (non-hydrogen) atoms. The average molecular weight is 349 g/mol. The number of urea groups is 1. The third kappa shape index (κ3) is 3.75. The summed E-state index contributed by atoms with van der Waals surface area (Å²) >= 11 is 0. The molecule has 0 aromatic heterocycles. The van der Waals surface area contributed by atoms with E-state index in [4.69, 9.17) is 0 Å². The van der Waals surface area contributed by atoms with Gasteiger partial charge in [0.25, 0.3) is 0 Å². The molecule has 2 heterocycles. The predicted octanol–water partition coefficient (Wildman–Crippen LogP) is 4.09. The van der Waals surface area contributed by atoms with Crippen LogP contribution in [-0.2, 0) is 0 Å². The first-order valence-corrected chi connectivity index (χ1v) is 9.60. The van der Waals surface area contributed by atoms with Gasteiger partial charge >= 0.3 is 6.03 Å². The molecule has 136 valence electrons. The Morgan fingerprint density at radius 2 is 1.62 bits per heavy atom. The van der Waals surface area contributed by atoms with Crippen LogP contribution in [0.25, 0.3) is 0 Å². The zero-order valence-electron chi connectivity index (χ0n) is 15.4. The van der Waals surface area contributed by atoms with Crippen molar-refractivity contribution in [1.82, 2.24) is 9.80 Å². The van der Waals surface area contributed by atoms with E-state index in [1.54, 1.807) is 0 Å². The zero-order valence-corrected chi connectivity index (χ0v) is 15.4. The highest BCUT2D eigenvalue weighted by molar-refractivity contribution is 5.89. The lowest BCUT2D eigenvalue weighted by atomic mass is 9.88. The Morgan fingerprint density at radius 1 is 0.962 bits per heavy atom. The molecule has 0 bridgehead atoms. The molecule has 4 heteroatoms. The maximum atomic E-state index is 12.3. The van der Waals surface area contributed by atoms with Gasteiger partial charge in [-0.25, -0.2) is 4.79 Å². The fourth-order valence-electron chi connectivity index (χ4n) is 4.01. The lowest BCUT2D eigenvalue weighted by Gasteiger charge is -2.47. The number of carbonyl (C=O) groups is 1. The number of aryl methyl sites for hydroxylation is 1. The molecule has 4 rings (SSSR count). The standard InChI is InChI=1S/C22H27N3O/c1-17-7-9-20(10-8-17)23-22(26)25-15-21(16-25)24-13-11-19(12-14-24)18-5-3-2-4-6-18/h2-10,19,21H,11-16H2,1H3,(H,23,26). The quantitative estimate of drug-likeness (QED) is 0.906. The molecular formula is C22H27N3O. The number of piperidine rings is 1. The Balaban J connectivity index is 1.23. The van der Waals surface area contributed by atoms with Crippen LogP contribution in [0.4, 0.5) is 10.5 Å². The number of amides is 2. The lowest BCUT2D eigenvalue weighted by Crippen LogP contribution is -2.62. The molecule has 2 fully saturated rings. The summed E-state index contributed by atoms with van der Waals surface area (Å²) in [6, 6.07) is 19.4. The summed E-state index contributed by atoms with van der Waals surface area (Å²) < 4.78 is 0. The molecule has 0 aliphatic carbocycles. The third-order valence-corrected chi connectivity index (χ3v) is 5.77. The highest BCUT2D eigenvalue weighted by Crippen LogP contribution is 2.30. The van der Waals surface area contributed by atoms with Gasteiger partial charge in [-0.2, -0.15) is 0 Å². The Bertz CT molecular complexity index is 730. The fraction of sp³-hybridized carbons (Fsp3) is 0.409. The van der Waals surface area contributed by atoms with Crippen molar-refractivity contribution >= 4 is 11.7 Å². The number of carbonyl (C=O) groups excluding carboxylic acids is 1. The smallest absolute Gasteiger partial charge is 0.321 e. The van der Waals surface area contributed by atoms with Crippen LogP contribution in [0.15, 0.2) is 54.6 Å². The molecule has 0 spiro atoms. The van der Waals surface area contributed by atoms with Crippen LogP contribution < -0.4 is 5.32 Å². The summed E-state index contributed by atoms with van der Waals surface area (Å²) in [5, 5.41) is 2.99. The molecule has 0 unspecified atom stereocenters. The summed E-state index contributed by atoms with van der Waals surface area (Å²) in [7, 11) is 0. The van der Waals surface area contributed by atoms with Gasteiger partial charge < -0.3 is 10.2 Å². The van der Waals surface area contributed by atoms with Gasteiger partial charge in [-0.15, -0.1) is 0 Å². The Hall–Kier alpha value is -2.33. The molecule has 2 aromatic rings. The minimum absolute atomic E-state index is 0.0178. The van der Waals surface area contributed by atoms with E-state index in [0.29, 0.717) is 12.0 Å². The first-order valence-electron chi connectivity index (χ1n) is 9.60. The van der Waals surface area contributed by atoms with E-state index in [1.807, 2.05) is 36.1 Å². The lowest BCUT2D eigenvalue weighted by molar-refractivity contribution is 0.0454. The summed E-state index contributed by atoms with van der Waals surface area (Å²) in [5.41, 5.74) is 3.54. The summed E-state index contributed by atoms with van der Waals surface area (Å²) in [4.78, 5) is 16.8. The third-order valence-electron chi connectivity index (χ3n) is 5.77. The van der Waals surface area contributed by atoms with Gasteiger partial charge in [-0.05, 0) is 56.5 Å². The number of hydrogen-bond acceptors (Lipinski definition) is 2. The molecule has 2 aromatic carbocycles. The minimum atomic E-state index is 0.0178. The molecule has 0 radical (unpaired) electrons. The van der Waals surface area contributed by atoms with E-state index >= 15 is 0 Å². The number of likely N-dealkylation sites (tertiary alicyclic amines) is 2. The number of benzene rings is 2. The van der Waals surface area contributed by atoms with E-state index in [9.17, 15) is 4.79 Å². The molecule has 2 aliphatic rings. The van der Waals surface area contributed by atoms with Gasteiger partial charge in [0.15, 0.2) is 0 Å². The predicted molar refractivity (Wildman–Crippen MR) is 106 cm³/mol. The molecule has 2 aliphatic heterocycles. The average Bonchev–Trinajstić information content (AvgIpc) is 2.64. The van der Waals surface area contributed by atoms with E-state index in [2.05, 4.69) is 40.5 Å². The van der Waals surface area contributed by atoms with Gasteiger partial charge in [0.05, 0.1) is 0 Å². The van der Waals surface area contributed by atoms with Crippen molar-refractivity contribution in [3.63, 3.8) is 0 Å². The topological polar surface area (TPSA) is 35.6 Å². The number of anilines is 1. The number of nitrogens with one attached hydrogen (secondary N) is 1. The second-order valence-corrected chi connectivity index (χ2v) is 7.58. The summed E-state index contributed by atoms with van der Waals surface area (Å²) in [5.74, 6) is 0.688. The molecule has 4 nitrogen and oxygen atoms in total. The largest absolute Gasteiger partial charge is 0.321 e. The van der Waals surface area contributed by atoms with E-state index < -0.39 is 0 Å². The second-order valence-electron chi connectivity index (χ2n) is 7.58. The van der Waals surface area contributed by atoms with Crippen molar-refractivity contribution in [2.45, 2.75) is 31.7 Å². The molecule has 2 saturated heterocycles. The van der Waals surface area contributed by atoms with Gasteiger partial charge in [0, 0.05) is 24.8 Å². The highest BCUT2D eigenvalue weighted by atomic mass is 16.2. The maximum absolute atomic E-state index is 12.3. The molecule has 0 atom stereocenters. The first-order chi connectivity index (χ1) is 12.7. The van der Waals surface area contributed by atoms with Crippen LogP contribution in [-0.4, -0.2) is 48.1 Å². The van der Waals surface area contributed by atoms with Crippen molar-refractivity contribution in [2.24, 2.45) is 0 Å². The maximum Gasteiger partial charge on any atom is 0.321 e.